The fourth-order valence-corrected chi connectivity index (χ4v) is 4.32. The van der Waals surface area contributed by atoms with Crippen LogP contribution in [0.4, 0.5) is 0 Å². The molecule has 0 unspecified atom stereocenters. The molecule has 4 heteroatoms. The molecule has 1 saturated carbocycles. The second-order valence-corrected chi connectivity index (χ2v) is 7.86. The van der Waals surface area contributed by atoms with Gasteiger partial charge >= 0.3 is 0 Å². The Morgan fingerprint density at radius 1 is 1.11 bits per heavy atom. The van der Waals surface area contributed by atoms with Crippen molar-refractivity contribution in [3.63, 3.8) is 0 Å². The number of aromatic nitrogens is 2. The van der Waals surface area contributed by atoms with Crippen molar-refractivity contribution in [3.8, 4) is 0 Å². The zero-order valence-corrected chi connectivity index (χ0v) is 13.7. The van der Waals surface area contributed by atoms with E-state index in [9.17, 15) is 0 Å². The van der Waals surface area contributed by atoms with Crippen molar-refractivity contribution in [1.29, 1.82) is 0 Å². The van der Waals surface area contributed by atoms with Crippen LogP contribution in [0.15, 0.2) is 0 Å². The summed E-state index contributed by atoms with van der Waals surface area (Å²) in [5.74, 6) is 0.587. The van der Waals surface area contributed by atoms with E-state index in [4.69, 9.17) is 0 Å². The van der Waals surface area contributed by atoms with Crippen molar-refractivity contribution >= 4 is 11.3 Å². The van der Waals surface area contributed by atoms with Crippen molar-refractivity contribution < 1.29 is 0 Å². The first-order valence-electron chi connectivity index (χ1n) is 7.44. The van der Waals surface area contributed by atoms with Crippen molar-refractivity contribution in [3.05, 3.63) is 10.0 Å². The molecule has 1 aliphatic carbocycles. The molecule has 1 aromatic rings. The molecule has 3 nitrogen and oxygen atoms in total. The monoisotopic (exact) mass is 281 g/mol. The van der Waals surface area contributed by atoms with Crippen LogP contribution in [0, 0.1) is 10.8 Å². The molecule has 0 radical (unpaired) electrons. The van der Waals surface area contributed by atoms with E-state index in [1.54, 1.807) is 0 Å². The van der Waals surface area contributed by atoms with Crippen molar-refractivity contribution in [1.82, 2.24) is 15.5 Å². The van der Waals surface area contributed by atoms with Gasteiger partial charge in [-0.15, -0.1) is 21.5 Å². The van der Waals surface area contributed by atoms with Gasteiger partial charge in [0.1, 0.15) is 10.0 Å². The number of aryl methyl sites for hydroxylation is 1. The first-order valence-corrected chi connectivity index (χ1v) is 8.26. The van der Waals surface area contributed by atoms with Gasteiger partial charge < -0.3 is 5.32 Å². The quantitative estimate of drug-likeness (QED) is 0.776. The summed E-state index contributed by atoms with van der Waals surface area (Å²) in [7, 11) is 0. The Morgan fingerprint density at radius 3 is 2.37 bits per heavy atom. The largest absolute Gasteiger partial charge is 0.317 e. The van der Waals surface area contributed by atoms with Crippen LogP contribution >= 0.6 is 11.3 Å². The Hall–Kier alpha value is -0.480. The molecular formula is C15H27N3S. The number of nitrogens with zero attached hydrogens (tertiary/aromatic N) is 2. The van der Waals surface area contributed by atoms with E-state index in [1.807, 2.05) is 11.3 Å². The maximum absolute atomic E-state index is 4.43. The van der Waals surface area contributed by atoms with E-state index in [0.29, 0.717) is 16.7 Å². The average molecular weight is 281 g/mol. The third-order valence-corrected chi connectivity index (χ3v) is 5.97. The van der Waals surface area contributed by atoms with Crippen molar-refractivity contribution in [2.45, 2.75) is 59.8 Å². The summed E-state index contributed by atoms with van der Waals surface area (Å²) in [5.41, 5.74) is 0.735. The molecule has 1 heterocycles. The average Bonchev–Trinajstić information content (AvgIpc) is 2.69. The molecule has 1 aromatic heterocycles. The smallest absolute Gasteiger partial charge is 0.121 e. The Balaban J connectivity index is 1.84. The van der Waals surface area contributed by atoms with Gasteiger partial charge in [-0.1, -0.05) is 34.6 Å². The maximum Gasteiger partial charge on any atom is 0.121 e. The molecule has 2 rings (SSSR count). The van der Waals surface area contributed by atoms with Gasteiger partial charge in [-0.05, 0) is 36.8 Å². The molecule has 108 valence electrons. The molecule has 1 N–H and O–H groups in total. The predicted molar refractivity (Wildman–Crippen MR) is 81.7 cm³/mol. The van der Waals surface area contributed by atoms with Gasteiger partial charge in [-0.3, -0.25) is 0 Å². The highest BCUT2D eigenvalue weighted by Crippen LogP contribution is 2.73. The molecule has 0 amide bonds. The minimum absolute atomic E-state index is 0.368. The molecular weight excluding hydrogens is 254 g/mol. The van der Waals surface area contributed by atoms with Crippen molar-refractivity contribution in [2.24, 2.45) is 10.8 Å². The summed E-state index contributed by atoms with van der Waals surface area (Å²) in [5, 5.41) is 14.7. The van der Waals surface area contributed by atoms with E-state index in [0.717, 1.165) is 25.9 Å². The fourth-order valence-electron chi connectivity index (χ4n) is 2.96. The lowest BCUT2D eigenvalue weighted by Crippen LogP contribution is -2.16. The second-order valence-electron chi connectivity index (χ2n) is 6.76. The molecule has 1 aliphatic rings. The van der Waals surface area contributed by atoms with Gasteiger partial charge in [0.15, 0.2) is 0 Å². The summed E-state index contributed by atoms with van der Waals surface area (Å²) in [6.45, 7) is 13.8. The van der Waals surface area contributed by atoms with Gasteiger partial charge in [0, 0.05) is 12.3 Å². The highest BCUT2D eigenvalue weighted by molar-refractivity contribution is 7.11. The molecule has 0 saturated heterocycles. The van der Waals surface area contributed by atoms with Crippen LogP contribution in [0.2, 0.25) is 0 Å². The first kappa shape index (κ1) is 14.9. The number of nitrogens with one attached hydrogen (secondary N) is 1. The highest BCUT2D eigenvalue weighted by atomic mass is 32.1. The Labute approximate surface area is 121 Å². The predicted octanol–water partition coefficient (Wildman–Crippen LogP) is 3.62. The Kier molecular flexibility index (Phi) is 4.31. The maximum atomic E-state index is 4.43. The minimum atomic E-state index is 0.368. The zero-order valence-electron chi connectivity index (χ0n) is 12.9. The van der Waals surface area contributed by atoms with Crippen LogP contribution in [-0.4, -0.2) is 23.3 Å². The van der Waals surface area contributed by atoms with Crippen LogP contribution in [0.1, 0.15) is 63.4 Å². The Bertz CT molecular complexity index is 409. The molecule has 19 heavy (non-hydrogen) atoms. The van der Waals surface area contributed by atoms with Crippen LogP contribution in [-0.2, 0) is 6.42 Å². The zero-order chi connectivity index (χ0) is 14.1. The third kappa shape index (κ3) is 2.84. The summed E-state index contributed by atoms with van der Waals surface area (Å²) >= 11 is 1.82. The lowest BCUT2D eigenvalue weighted by Gasteiger charge is -2.03. The second kappa shape index (κ2) is 5.49. The van der Waals surface area contributed by atoms with Crippen molar-refractivity contribution in [2.75, 3.05) is 13.1 Å². The van der Waals surface area contributed by atoms with E-state index in [2.05, 4.69) is 50.1 Å². The fraction of sp³-hybridized carbons (Fsp3) is 0.867. The number of hydrogen-bond donors (Lipinski definition) is 1. The number of rotatable bonds is 7. The van der Waals surface area contributed by atoms with Gasteiger partial charge in [-0.25, -0.2) is 0 Å². The molecule has 0 aliphatic heterocycles. The minimum Gasteiger partial charge on any atom is -0.317 e. The standard InChI is InChI=1S/C15H27N3S/c1-6-9-16-10-7-8-11-17-18-13(19-11)12-14(2,3)15(12,4)5/h12,16H,6-10H2,1-5H3. The lowest BCUT2D eigenvalue weighted by atomic mass is 10.0. The molecule has 1 fully saturated rings. The molecule has 0 bridgehead atoms. The van der Waals surface area contributed by atoms with E-state index in [-0.39, 0.29) is 0 Å². The Morgan fingerprint density at radius 2 is 1.79 bits per heavy atom. The first-order chi connectivity index (χ1) is 8.91. The topological polar surface area (TPSA) is 37.8 Å². The van der Waals surface area contributed by atoms with Crippen LogP contribution in [0.3, 0.4) is 0 Å². The van der Waals surface area contributed by atoms with Gasteiger partial charge in [0.2, 0.25) is 0 Å². The summed E-state index contributed by atoms with van der Waals surface area (Å²) < 4.78 is 0. The third-order valence-electron chi connectivity index (χ3n) is 4.92. The van der Waals surface area contributed by atoms with Gasteiger partial charge in [0.25, 0.3) is 0 Å². The summed E-state index contributed by atoms with van der Waals surface area (Å²) in [4.78, 5) is 0. The van der Waals surface area contributed by atoms with Gasteiger partial charge in [-0.2, -0.15) is 0 Å². The van der Waals surface area contributed by atoms with Crippen LogP contribution < -0.4 is 5.32 Å². The van der Waals surface area contributed by atoms with E-state index in [1.165, 1.54) is 16.4 Å². The SMILES string of the molecule is CCCNCCCc1nnc(C2C(C)(C)C2(C)C)s1. The lowest BCUT2D eigenvalue weighted by molar-refractivity contribution is 0.457. The summed E-state index contributed by atoms with van der Waals surface area (Å²) in [6.07, 6.45) is 3.42. The van der Waals surface area contributed by atoms with Crippen LogP contribution in [0.25, 0.3) is 0 Å². The highest BCUT2D eigenvalue weighted by Gasteiger charge is 2.66. The molecule has 0 aromatic carbocycles. The molecule has 0 spiro atoms. The normalized spacial score (nSPS) is 20.7. The van der Waals surface area contributed by atoms with E-state index >= 15 is 0 Å². The molecule has 0 atom stereocenters. The number of hydrogen-bond acceptors (Lipinski definition) is 4. The van der Waals surface area contributed by atoms with Crippen LogP contribution in [0.5, 0.6) is 0 Å². The van der Waals surface area contributed by atoms with Gasteiger partial charge in [0.05, 0.1) is 0 Å². The summed E-state index contributed by atoms with van der Waals surface area (Å²) in [6, 6.07) is 0. The van der Waals surface area contributed by atoms with E-state index < -0.39 is 0 Å².